The second-order valence-corrected chi connectivity index (χ2v) is 3.96. The predicted octanol–water partition coefficient (Wildman–Crippen LogP) is 2.86. The summed E-state index contributed by atoms with van der Waals surface area (Å²) in [5.74, 6) is -0.103. The Bertz CT molecular complexity index is 708. The summed E-state index contributed by atoms with van der Waals surface area (Å²) in [7, 11) is 0. The van der Waals surface area contributed by atoms with Gasteiger partial charge in [0.25, 0.3) is 0 Å². The second kappa shape index (κ2) is 4.37. The monoisotopic (exact) mass is 234 g/mol. The van der Waals surface area contributed by atoms with Gasteiger partial charge in [0.2, 0.25) is 5.78 Å². The number of pyridine rings is 2. The van der Waals surface area contributed by atoms with Gasteiger partial charge in [-0.3, -0.25) is 9.78 Å². The van der Waals surface area contributed by atoms with Gasteiger partial charge >= 0.3 is 0 Å². The van der Waals surface area contributed by atoms with Crippen molar-refractivity contribution in [3.8, 4) is 0 Å². The zero-order chi connectivity index (χ0) is 12.4. The number of carbonyl (C=O) groups is 1. The summed E-state index contributed by atoms with van der Waals surface area (Å²) in [6.07, 6.45) is 3.20. The molecule has 0 saturated heterocycles. The van der Waals surface area contributed by atoms with E-state index in [2.05, 4.69) is 9.97 Å². The van der Waals surface area contributed by atoms with Crippen molar-refractivity contribution in [2.45, 2.75) is 0 Å². The molecule has 0 aliphatic carbocycles. The van der Waals surface area contributed by atoms with Crippen molar-refractivity contribution in [3.05, 3.63) is 72.2 Å². The van der Waals surface area contributed by atoms with Crippen molar-refractivity contribution < 1.29 is 4.79 Å². The van der Waals surface area contributed by atoms with Crippen molar-refractivity contribution in [1.29, 1.82) is 0 Å². The molecule has 3 heteroatoms. The van der Waals surface area contributed by atoms with E-state index in [4.69, 9.17) is 0 Å². The van der Waals surface area contributed by atoms with E-state index in [1.165, 1.54) is 0 Å². The van der Waals surface area contributed by atoms with Gasteiger partial charge in [-0.1, -0.05) is 24.3 Å². The maximum absolute atomic E-state index is 12.2. The predicted molar refractivity (Wildman–Crippen MR) is 69.4 cm³/mol. The Morgan fingerprint density at radius 1 is 0.944 bits per heavy atom. The number of para-hydroxylation sites is 1. The molecule has 0 saturated carbocycles. The average Bonchev–Trinajstić information content (AvgIpc) is 2.47. The van der Waals surface area contributed by atoms with Gasteiger partial charge in [0, 0.05) is 23.3 Å². The van der Waals surface area contributed by atoms with Crippen molar-refractivity contribution in [3.63, 3.8) is 0 Å². The summed E-state index contributed by atoms with van der Waals surface area (Å²) in [6, 6.07) is 14.9. The number of hydrogen-bond donors (Lipinski definition) is 0. The Morgan fingerprint density at radius 2 is 1.83 bits per heavy atom. The average molecular weight is 234 g/mol. The van der Waals surface area contributed by atoms with E-state index in [1.807, 2.05) is 30.3 Å². The number of ketones is 1. The fraction of sp³-hybridized carbons (Fsp3) is 0. The molecule has 0 unspecified atom stereocenters. The molecule has 2 heterocycles. The Hall–Kier alpha value is -2.55. The van der Waals surface area contributed by atoms with Gasteiger partial charge < -0.3 is 0 Å². The van der Waals surface area contributed by atoms with Crippen LogP contribution in [0.1, 0.15) is 16.1 Å². The molecular formula is C15H10N2O. The summed E-state index contributed by atoms with van der Waals surface area (Å²) in [5, 5.41) is 1.03. The minimum absolute atomic E-state index is 0.103. The molecule has 3 rings (SSSR count). The molecule has 0 aliphatic heterocycles. The van der Waals surface area contributed by atoms with E-state index in [1.54, 1.807) is 30.6 Å². The van der Waals surface area contributed by atoms with Crippen molar-refractivity contribution >= 4 is 16.7 Å². The highest BCUT2D eigenvalue weighted by molar-refractivity contribution is 6.08. The van der Waals surface area contributed by atoms with Crippen LogP contribution in [0.3, 0.4) is 0 Å². The molecule has 18 heavy (non-hydrogen) atoms. The molecule has 2 aromatic heterocycles. The highest BCUT2D eigenvalue weighted by Gasteiger charge is 2.10. The molecule has 0 fully saturated rings. The van der Waals surface area contributed by atoms with Gasteiger partial charge in [-0.15, -0.1) is 0 Å². The minimum atomic E-state index is -0.103. The quantitative estimate of drug-likeness (QED) is 0.640. The van der Waals surface area contributed by atoms with Crippen LogP contribution in [-0.4, -0.2) is 15.8 Å². The first-order valence-corrected chi connectivity index (χ1v) is 5.65. The molecular weight excluding hydrogens is 224 g/mol. The smallest absolute Gasteiger partial charge is 0.212 e. The Balaban J connectivity index is 2.07. The third-order valence-electron chi connectivity index (χ3n) is 2.75. The van der Waals surface area contributed by atoms with Gasteiger partial charge in [-0.05, 0) is 24.3 Å². The topological polar surface area (TPSA) is 42.9 Å². The van der Waals surface area contributed by atoms with E-state index in [9.17, 15) is 4.79 Å². The molecule has 0 spiro atoms. The number of rotatable bonds is 2. The van der Waals surface area contributed by atoms with Crippen LogP contribution < -0.4 is 0 Å². The second-order valence-electron chi connectivity index (χ2n) is 3.96. The number of fused-ring (bicyclic) bond motifs is 1. The van der Waals surface area contributed by atoms with Crippen LogP contribution in [0.4, 0.5) is 0 Å². The summed E-state index contributed by atoms with van der Waals surface area (Å²) < 4.78 is 0. The third-order valence-corrected chi connectivity index (χ3v) is 2.75. The Morgan fingerprint density at radius 3 is 2.67 bits per heavy atom. The summed E-state index contributed by atoms with van der Waals surface area (Å²) in [4.78, 5) is 20.5. The molecule has 86 valence electrons. The van der Waals surface area contributed by atoms with Crippen LogP contribution in [0.15, 0.2) is 60.9 Å². The minimum Gasteiger partial charge on any atom is -0.287 e. The zero-order valence-electron chi connectivity index (χ0n) is 9.58. The lowest BCUT2D eigenvalue weighted by Gasteiger charge is -2.02. The maximum Gasteiger partial charge on any atom is 0.212 e. The normalized spacial score (nSPS) is 10.4. The SMILES string of the molecule is O=C(c1cccnc1)c1ccc2ccccc2n1. The fourth-order valence-electron chi connectivity index (χ4n) is 1.84. The van der Waals surface area contributed by atoms with E-state index in [-0.39, 0.29) is 5.78 Å². The molecule has 0 amide bonds. The summed E-state index contributed by atoms with van der Waals surface area (Å²) in [5.41, 5.74) is 1.83. The van der Waals surface area contributed by atoms with Gasteiger partial charge in [0.15, 0.2) is 0 Å². The zero-order valence-corrected chi connectivity index (χ0v) is 9.58. The lowest BCUT2D eigenvalue weighted by Crippen LogP contribution is -2.04. The first kappa shape index (κ1) is 10.6. The van der Waals surface area contributed by atoms with E-state index < -0.39 is 0 Å². The summed E-state index contributed by atoms with van der Waals surface area (Å²) in [6.45, 7) is 0. The van der Waals surface area contributed by atoms with E-state index >= 15 is 0 Å². The molecule has 0 bridgehead atoms. The molecule has 1 aromatic carbocycles. The summed E-state index contributed by atoms with van der Waals surface area (Å²) >= 11 is 0. The number of carbonyl (C=O) groups excluding carboxylic acids is 1. The molecule has 3 aromatic rings. The molecule has 0 aliphatic rings. The van der Waals surface area contributed by atoms with E-state index in [0.717, 1.165) is 10.9 Å². The van der Waals surface area contributed by atoms with Gasteiger partial charge in [0.1, 0.15) is 5.69 Å². The highest BCUT2D eigenvalue weighted by Crippen LogP contribution is 2.14. The number of benzene rings is 1. The van der Waals surface area contributed by atoms with Crippen molar-refractivity contribution in [2.24, 2.45) is 0 Å². The highest BCUT2D eigenvalue weighted by atomic mass is 16.1. The first-order chi connectivity index (χ1) is 8.84. The van der Waals surface area contributed by atoms with Crippen LogP contribution in [0.25, 0.3) is 10.9 Å². The van der Waals surface area contributed by atoms with Gasteiger partial charge in [-0.25, -0.2) is 4.98 Å². The van der Waals surface area contributed by atoms with Crippen LogP contribution in [0.2, 0.25) is 0 Å². The van der Waals surface area contributed by atoms with Crippen LogP contribution >= 0.6 is 0 Å². The number of nitrogens with zero attached hydrogens (tertiary/aromatic N) is 2. The molecule has 3 nitrogen and oxygen atoms in total. The molecule has 0 atom stereocenters. The van der Waals surface area contributed by atoms with E-state index in [0.29, 0.717) is 11.3 Å². The largest absolute Gasteiger partial charge is 0.287 e. The number of aromatic nitrogens is 2. The number of hydrogen-bond acceptors (Lipinski definition) is 3. The third kappa shape index (κ3) is 1.86. The maximum atomic E-state index is 12.2. The standard InChI is InChI=1S/C15H10N2O/c18-15(12-5-3-9-16-10-12)14-8-7-11-4-1-2-6-13(11)17-14/h1-10H. The van der Waals surface area contributed by atoms with Crippen LogP contribution in [-0.2, 0) is 0 Å². The van der Waals surface area contributed by atoms with Gasteiger partial charge in [-0.2, -0.15) is 0 Å². The lowest BCUT2D eigenvalue weighted by atomic mass is 10.1. The lowest BCUT2D eigenvalue weighted by molar-refractivity contribution is 0.103. The first-order valence-electron chi connectivity index (χ1n) is 5.65. The van der Waals surface area contributed by atoms with Crippen molar-refractivity contribution in [2.75, 3.05) is 0 Å². The van der Waals surface area contributed by atoms with Crippen molar-refractivity contribution in [1.82, 2.24) is 9.97 Å². The Kier molecular flexibility index (Phi) is 2.57. The van der Waals surface area contributed by atoms with Crippen LogP contribution in [0, 0.1) is 0 Å². The van der Waals surface area contributed by atoms with Crippen LogP contribution in [0.5, 0.6) is 0 Å². The fourth-order valence-corrected chi connectivity index (χ4v) is 1.84. The Labute approximate surface area is 104 Å². The van der Waals surface area contributed by atoms with Gasteiger partial charge in [0.05, 0.1) is 5.52 Å². The molecule has 0 N–H and O–H groups in total. The molecule has 0 radical (unpaired) electrons.